The molecule has 44 heavy (non-hydrogen) atoms. The van der Waals surface area contributed by atoms with Crippen LogP contribution in [0.15, 0.2) is 42.5 Å². The van der Waals surface area contributed by atoms with Crippen LogP contribution in [0, 0.1) is 0 Å². The van der Waals surface area contributed by atoms with Crippen molar-refractivity contribution < 1.29 is 67.5 Å². The maximum Gasteiger partial charge on any atom is 0.330 e. The first kappa shape index (κ1) is 41.8. The minimum absolute atomic E-state index is 0.0230. The molecule has 1 atom stereocenters. The fraction of sp³-hybridized carbons (Fsp3) is 0.700. The lowest BCUT2D eigenvalue weighted by Gasteiger charge is -2.17. The highest BCUT2D eigenvalue weighted by atomic mass is 16.7. The van der Waals surface area contributed by atoms with Crippen LogP contribution in [0.4, 0.5) is 0 Å². The van der Waals surface area contributed by atoms with Crippen molar-refractivity contribution in [2.24, 2.45) is 0 Å². The van der Waals surface area contributed by atoms with Crippen molar-refractivity contribution in [1.29, 1.82) is 0 Å². The molecular weight excluding hydrogens is 584 g/mol. The average Bonchev–Trinajstić information content (AvgIpc) is 3.02. The van der Waals surface area contributed by atoms with E-state index in [0.717, 1.165) is 0 Å². The molecule has 0 aliphatic carbocycles. The summed E-state index contributed by atoms with van der Waals surface area (Å²) < 4.78 is 53.9. The van der Waals surface area contributed by atoms with Crippen molar-refractivity contribution in [1.82, 2.24) is 0 Å². The molecule has 0 heterocycles. The summed E-state index contributed by atoms with van der Waals surface area (Å²) >= 11 is 0. The van der Waals surface area contributed by atoms with Crippen LogP contribution in [-0.2, 0) is 47.4 Å². The molecule has 0 aromatic heterocycles. The Labute approximate surface area is 260 Å². The van der Waals surface area contributed by atoms with Crippen LogP contribution in [0.1, 0.15) is 6.92 Å². The zero-order chi connectivity index (χ0) is 32.4. The fourth-order valence-electron chi connectivity index (χ4n) is 2.72. The Morgan fingerprint density at radius 2 is 0.932 bits per heavy atom. The number of carboxylic acid groups (broad SMARTS) is 1. The second kappa shape index (κ2) is 33.7. The van der Waals surface area contributed by atoms with E-state index in [1.807, 2.05) is 18.2 Å². The molecule has 0 amide bonds. The molecule has 3 N–H and O–H groups in total. The van der Waals surface area contributed by atoms with Gasteiger partial charge in [-0.2, -0.15) is 0 Å². The van der Waals surface area contributed by atoms with Gasteiger partial charge in [0.25, 0.3) is 0 Å². The van der Waals surface area contributed by atoms with Gasteiger partial charge in [0.15, 0.2) is 0 Å². The Hall–Kier alpha value is -2.21. The fourth-order valence-corrected chi connectivity index (χ4v) is 2.72. The molecule has 0 saturated heterocycles. The molecule has 1 unspecified atom stereocenters. The highest BCUT2D eigenvalue weighted by Gasteiger charge is 2.09. The van der Waals surface area contributed by atoms with E-state index in [0.29, 0.717) is 118 Å². The minimum atomic E-state index is -0.935. The summed E-state index contributed by atoms with van der Waals surface area (Å²) in [6, 6.07) is 9.19. The van der Waals surface area contributed by atoms with Crippen molar-refractivity contribution in [3.63, 3.8) is 0 Å². The third kappa shape index (κ3) is 31.2. The average molecular weight is 637 g/mol. The zero-order valence-corrected chi connectivity index (χ0v) is 25.9. The van der Waals surface area contributed by atoms with Crippen molar-refractivity contribution in [3.05, 3.63) is 42.5 Å². The van der Waals surface area contributed by atoms with E-state index in [1.54, 1.807) is 12.1 Å². The molecule has 0 spiro atoms. The molecule has 256 valence electrons. The summed E-state index contributed by atoms with van der Waals surface area (Å²) in [5.41, 5.74) is 0.176. The van der Waals surface area contributed by atoms with Crippen molar-refractivity contribution in [2.45, 2.75) is 13.2 Å². The number of aliphatic carboxylic acids is 1. The monoisotopic (exact) mass is 636 g/mol. The van der Waals surface area contributed by atoms with Gasteiger partial charge in [0.2, 0.25) is 6.29 Å². The summed E-state index contributed by atoms with van der Waals surface area (Å²) in [5.74, 6) is -0.298. The first-order valence-electron chi connectivity index (χ1n) is 14.6. The van der Waals surface area contributed by atoms with E-state index in [1.165, 1.54) is 6.92 Å². The van der Waals surface area contributed by atoms with E-state index in [4.69, 9.17) is 57.6 Å². The Kier molecular flexibility index (Phi) is 32.0. The summed E-state index contributed by atoms with van der Waals surface area (Å²) in [6.45, 7) is 12.2. The first-order chi connectivity index (χ1) is 21.5. The molecule has 0 aliphatic rings. The largest absolute Gasteiger partial charge is 0.478 e. The Bertz CT molecular complexity index is 741. The maximum absolute atomic E-state index is 9.60. The van der Waals surface area contributed by atoms with Gasteiger partial charge in [-0.3, -0.25) is 0 Å². The molecular formula is C30H52O14. The highest BCUT2D eigenvalue weighted by molar-refractivity contribution is 5.84. The quantitative estimate of drug-likeness (QED) is 0.0603. The van der Waals surface area contributed by atoms with Crippen LogP contribution in [0.5, 0.6) is 5.75 Å². The molecule has 14 heteroatoms. The van der Waals surface area contributed by atoms with Crippen LogP contribution in [0.25, 0.3) is 0 Å². The number of rotatable bonds is 31. The highest BCUT2D eigenvalue weighted by Crippen LogP contribution is 2.11. The summed E-state index contributed by atoms with van der Waals surface area (Å²) in [6.07, 6.45) is -0.725. The normalized spacial score (nSPS) is 11.5. The molecule has 1 rings (SSSR count). The van der Waals surface area contributed by atoms with Gasteiger partial charge in [-0.15, -0.1) is 0 Å². The van der Waals surface area contributed by atoms with Crippen molar-refractivity contribution in [3.8, 4) is 5.75 Å². The molecule has 1 aromatic rings. The summed E-state index contributed by atoms with van der Waals surface area (Å²) in [4.78, 5) is 9.60. The molecule has 0 saturated carbocycles. The van der Waals surface area contributed by atoms with Gasteiger partial charge >= 0.3 is 5.97 Å². The number of hydrogen-bond donors (Lipinski definition) is 3. The smallest absolute Gasteiger partial charge is 0.330 e. The summed E-state index contributed by atoms with van der Waals surface area (Å²) in [7, 11) is 0. The Morgan fingerprint density at radius 1 is 0.614 bits per heavy atom. The number of carbonyl (C=O) groups is 1. The number of carboxylic acids is 1. The van der Waals surface area contributed by atoms with E-state index in [9.17, 15) is 9.90 Å². The van der Waals surface area contributed by atoms with Gasteiger partial charge in [-0.25, -0.2) is 4.79 Å². The third-order valence-corrected chi connectivity index (χ3v) is 4.90. The van der Waals surface area contributed by atoms with Crippen molar-refractivity contribution in [2.75, 3.05) is 126 Å². The molecule has 1 aromatic carbocycles. The van der Waals surface area contributed by atoms with Gasteiger partial charge in [-0.1, -0.05) is 24.8 Å². The lowest BCUT2D eigenvalue weighted by atomic mass is 10.3. The zero-order valence-electron chi connectivity index (χ0n) is 25.9. The first-order valence-corrected chi connectivity index (χ1v) is 14.6. The molecule has 0 bridgehead atoms. The Balaban J connectivity index is 0.00000278. The summed E-state index contributed by atoms with van der Waals surface area (Å²) in [5, 5.41) is 25.8. The maximum atomic E-state index is 9.60. The molecule has 0 aliphatic heterocycles. The van der Waals surface area contributed by atoms with E-state index in [2.05, 4.69) is 6.58 Å². The van der Waals surface area contributed by atoms with Crippen LogP contribution < -0.4 is 4.74 Å². The van der Waals surface area contributed by atoms with E-state index in [-0.39, 0.29) is 18.8 Å². The number of hydrogen-bond acceptors (Lipinski definition) is 13. The van der Waals surface area contributed by atoms with Crippen LogP contribution >= 0.6 is 0 Å². The van der Waals surface area contributed by atoms with Gasteiger partial charge in [0.1, 0.15) is 12.4 Å². The minimum Gasteiger partial charge on any atom is -0.478 e. The molecule has 0 fully saturated rings. The van der Waals surface area contributed by atoms with Gasteiger partial charge in [0, 0.05) is 5.57 Å². The SMILES string of the molecule is C=C(C)C(=O)O.OCCOCCOCCOCCOCCOCCOCCOCCOCCOC(CO)Oc1ccccc1. The predicted molar refractivity (Wildman–Crippen MR) is 160 cm³/mol. The second-order valence-corrected chi connectivity index (χ2v) is 8.62. The number of aliphatic hydroxyl groups is 2. The number of benzene rings is 1. The van der Waals surface area contributed by atoms with E-state index < -0.39 is 12.3 Å². The predicted octanol–water partition coefficient (Wildman–Crippen LogP) is 1.17. The van der Waals surface area contributed by atoms with Gasteiger partial charge in [0.05, 0.1) is 119 Å². The number of ether oxygens (including phenoxy) is 10. The number of para-hydroxylation sites is 1. The lowest BCUT2D eigenvalue weighted by Crippen LogP contribution is -2.26. The third-order valence-electron chi connectivity index (χ3n) is 4.90. The van der Waals surface area contributed by atoms with Crippen LogP contribution in [0.3, 0.4) is 0 Å². The second-order valence-electron chi connectivity index (χ2n) is 8.62. The lowest BCUT2D eigenvalue weighted by molar-refractivity contribution is -0.132. The standard InChI is InChI=1S/C26H46O12.C4H6O2/c27-6-7-29-8-9-30-10-11-31-12-13-32-14-15-33-16-17-34-18-19-35-20-21-36-22-23-37-26(24-28)38-25-4-2-1-3-5-25;1-3(2)4(5)6/h1-5,26-28H,6-24H2;1H2,2H3,(H,5,6). The van der Waals surface area contributed by atoms with Gasteiger partial charge < -0.3 is 62.7 Å². The Morgan fingerprint density at radius 3 is 1.23 bits per heavy atom. The molecule has 14 nitrogen and oxygen atoms in total. The number of aliphatic hydroxyl groups excluding tert-OH is 2. The topological polar surface area (TPSA) is 170 Å². The van der Waals surface area contributed by atoms with Gasteiger partial charge in [-0.05, 0) is 19.1 Å². The van der Waals surface area contributed by atoms with E-state index >= 15 is 0 Å². The van der Waals surface area contributed by atoms with Crippen LogP contribution in [0.2, 0.25) is 0 Å². The van der Waals surface area contributed by atoms with Crippen LogP contribution in [-0.4, -0.2) is 153 Å². The molecule has 0 radical (unpaired) electrons. The van der Waals surface area contributed by atoms with Crippen molar-refractivity contribution >= 4 is 5.97 Å².